The summed E-state index contributed by atoms with van der Waals surface area (Å²) in [5, 5.41) is 2.86. The third-order valence-electron chi connectivity index (χ3n) is 6.71. The Kier molecular flexibility index (Phi) is 5.25. The van der Waals surface area contributed by atoms with E-state index in [2.05, 4.69) is 15.2 Å². The van der Waals surface area contributed by atoms with Gasteiger partial charge in [0, 0.05) is 64.4 Å². The summed E-state index contributed by atoms with van der Waals surface area (Å²) in [6.45, 7) is 5.01. The molecule has 2 unspecified atom stereocenters. The van der Waals surface area contributed by atoms with Gasteiger partial charge in [0.2, 0.25) is 0 Å². The molecule has 2 aliphatic heterocycles. The van der Waals surface area contributed by atoms with Crippen molar-refractivity contribution in [3.8, 4) is 0 Å². The Morgan fingerprint density at radius 1 is 1.36 bits per heavy atom. The number of rotatable bonds is 6. The molecule has 0 spiro atoms. The molecule has 152 valence electrons. The van der Waals surface area contributed by atoms with Crippen LogP contribution < -0.4 is 11.1 Å². The van der Waals surface area contributed by atoms with Gasteiger partial charge in [-0.3, -0.25) is 9.78 Å². The van der Waals surface area contributed by atoms with E-state index in [-0.39, 0.29) is 11.7 Å². The number of urea groups is 1. The van der Waals surface area contributed by atoms with Gasteiger partial charge in [0.1, 0.15) is 11.3 Å². The zero-order chi connectivity index (χ0) is 19.7. The van der Waals surface area contributed by atoms with E-state index < -0.39 is 11.5 Å². The van der Waals surface area contributed by atoms with Gasteiger partial charge in [-0.2, -0.15) is 0 Å². The number of nitrogens with two attached hydrogens (primary N) is 1. The second kappa shape index (κ2) is 7.67. The Morgan fingerprint density at radius 2 is 2.11 bits per heavy atom. The van der Waals surface area contributed by atoms with Gasteiger partial charge in [-0.15, -0.1) is 0 Å². The van der Waals surface area contributed by atoms with Gasteiger partial charge < -0.3 is 25.6 Å². The first kappa shape index (κ1) is 19.1. The van der Waals surface area contributed by atoms with E-state index >= 15 is 0 Å². The van der Waals surface area contributed by atoms with Crippen molar-refractivity contribution in [2.75, 3.05) is 46.4 Å². The fraction of sp³-hybridized carbons (Fsp3) is 0.650. The van der Waals surface area contributed by atoms with E-state index in [0.29, 0.717) is 11.8 Å². The summed E-state index contributed by atoms with van der Waals surface area (Å²) < 4.78 is 6.23. The molecule has 8 heteroatoms. The molecule has 4 rings (SSSR count). The zero-order valence-corrected chi connectivity index (χ0v) is 16.4. The van der Waals surface area contributed by atoms with E-state index in [1.807, 2.05) is 11.0 Å². The number of piperidine rings is 1. The van der Waals surface area contributed by atoms with Gasteiger partial charge in [0.05, 0.1) is 0 Å². The number of likely N-dealkylation sites (tertiary alicyclic amines) is 1. The lowest BCUT2D eigenvalue weighted by Gasteiger charge is -2.55. The normalized spacial score (nSPS) is 30.3. The van der Waals surface area contributed by atoms with E-state index in [4.69, 9.17) is 10.5 Å². The van der Waals surface area contributed by atoms with E-state index in [0.717, 1.165) is 57.7 Å². The van der Waals surface area contributed by atoms with Crippen LogP contribution in [0.4, 0.5) is 4.79 Å². The molecule has 1 aromatic heterocycles. The minimum Gasteiger partial charge on any atom is -0.373 e. The van der Waals surface area contributed by atoms with Gasteiger partial charge >= 0.3 is 6.03 Å². The SMILES string of the molecule is COC1(c2ccnc(C(N)=O)c2)C2CCCC1CN(CCN1CCNC1=O)C2. The molecule has 2 saturated heterocycles. The van der Waals surface area contributed by atoms with Crippen molar-refractivity contribution >= 4 is 11.9 Å². The lowest BCUT2D eigenvalue weighted by molar-refractivity contribution is -0.169. The van der Waals surface area contributed by atoms with Gasteiger partial charge in [0.25, 0.3) is 5.91 Å². The Balaban J connectivity index is 1.54. The summed E-state index contributed by atoms with van der Waals surface area (Å²) >= 11 is 0. The highest BCUT2D eigenvalue weighted by Gasteiger charge is 2.53. The maximum atomic E-state index is 11.8. The highest BCUT2D eigenvalue weighted by atomic mass is 16.5. The highest BCUT2D eigenvalue weighted by molar-refractivity contribution is 5.90. The Morgan fingerprint density at radius 3 is 2.71 bits per heavy atom. The molecule has 3 fully saturated rings. The number of pyridine rings is 1. The van der Waals surface area contributed by atoms with Gasteiger partial charge in [-0.1, -0.05) is 6.42 Å². The van der Waals surface area contributed by atoms with E-state index in [1.165, 1.54) is 6.42 Å². The molecule has 1 saturated carbocycles. The summed E-state index contributed by atoms with van der Waals surface area (Å²) in [5.41, 5.74) is 6.34. The minimum absolute atomic E-state index is 0.0409. The van der Waals surface area contributed by atoms with Crippen molar-refractivity contribution in [3.05, 3.63) is 29.6 Å². The van der Waals surface area contributed by atoms with Crippen LogP contribution in [0.3, 0.4) is 0 Å². The van der Waals surface area contributed by atoms with Gasteiger partial charge in [0.15, 0.2) is 0 Å². The first-order valence-electron chi connectivity index (χ1n) is 10.1. The molecule has 0 radical (unpaired) electrons. The third kappa shape index (κ3) is 3.24. The van der Waals surface area contributed by atoms with Crippen LogP contribution in [0, 0.1) is 11.8 Å². The Labute approximate surface area is 165 Å². The molecule has 3 heterocycles. The molecule has 3 aliphatic rings. The number of ether oxygens (including phenoxy) is 1. The molecule has 2 bridgehead atoms. The standard InChI is InChI=1S/C20H29N5O3/c1-28-20(14-5-6-22-17(11-14)18(21)26)15-3-2-4-16(20)13-24(12-15)9-10-25-8-7-23-19(25)27/h5-6,11,15-16H,2-4,7-10,12-13H2,1H3,(H2,21,26)(H,23,27). The van der Waals surface area contributed by atoms with Crippen LogP contribution in [0.1, 0.15) is 35.3 Å². The van der Waals surface area contributed by atoms with Gasteiger partial charge in [-0.25, -0.2) is 4.79 Å². The number of fused-ring (bicyclic) bond motifs is 2. The van der Waals surface area contributed by atoms with Crippen molar-refractivity contribution < 1.29 is 14.3 Å². The number of hydrogen-bond acceptors (Lipinski definition) is 5. The van der Waals surface area contributed by atoms with Crippen molar-refractivity contribution in [1.29, 1.82) is 0 Å². The van der Waals surface area contributed by atoms with E-state index in [1.54, 1.807) is 19.4 Å². The number of carbonyl (C=O) groups excluding carboxylic acids is 2. The third-order valence-corrected chi connectivity index (χ3v) is 6.71. The summed E-state index contributed by atoms with van der Waals surface area (Å²) in [5.74, 6) is 0.153. The van der Waals surface area contributed by atoms with Crippen LogP contribution in [0.2, 0.25) is 0 Å². The molecule has 2 atom stereocenters. The molecule has 1 aromatic rings. The minimum atomic E-state index is -0.514. The number of hydrogen-bond donors (Lipinski definition) is 2. The van der Waals surface area contributed by atoms with Crippen LogP contribution in [0.15, 0.2) is 18.3 Å². The second-order valence-electron chi connectivity index (χ2n) is 8.09. The number of methoxy groups -OCH3 is 1. The van der Waals surface area contributed by atoms with Crippen LogP contribution >= 0.6 is 0 Å². The molecule has 1 aliphatic carbocycles. The fourth-order valence-electron chi connectivity index (χ4n) is 5.42. The van der Waals surface area contributed by atoms with Crippen LogP contribution in [0.25, 0.3) is 0 Å². The van der Waals surface area contributed by atoms with Crippen molar-refractivity contribution in [1.82, 2.24) is 20.1 Å². The topological polar surface area (TPSA) is 101 Å². The average molecular weight is 387 g/mol. The first-order chi connectivity index (χ1) is 13.5. The van der Waals surface area contributed by atoms with Crippen LogP contribution in [0.5, 0.6) is 0 Å². The second-order valence-corrected chi connectivity index (χ2v) is 8.09. The number of nitrogens with zero attached hydrogens (tertiary/aromatic N) is 3. The molecular formula is C20H29N5O3. The lowest BCUT2D eigenvalue weighted by atomic mass is 9.62. The largest absolute Gasteiger partial charge is 0.373 e. The summed E-state index contributed by atoms with van der Waals surface area (Å²) in [6.07, 6.45) is 5.01. The van der Waals surface area contributed by atoms with Crippen molar-refractivity contribution in [2.45, 2.75) is 24.9 Å². The quantitative estimate of drug-likeness (QED) is 0.751. The molecule has 3 N–H and O–H groups in total. The number of carbonyl (C=O) groups is 2. The summed E-state index contributed by atoms with van der Waals surface area (Å²) in [4.78, 5) is 31.9. The fourth-order valence-corrected chi connectivity index (χ4v) is 5.42. The van der Waals surface area contributed by atoms with E-state index in [9.17, 15) is 9.59 Å². The van der Waals surface area contributed by atoms with Crippen LogP contribution in [-0.2, 0) is 10.3 Å². The summed E-state index contributed by atoms with van der Waals surface area (Å²) in [6, 6.07) is 3.81. The number of nitrogens with one attached hydrogen (secondary N) is 1. The molecule has 3 amide bonds. The smallest absolute Gasteiger partial charge is 0.317 e. The number of aromatic nitrogens is 1. The number of amides is 3. The lowest BCUT2D eigenvalue weighted by Crippen LogP contribution is -2.59. The van der Waals surface area contributed by atoms with Gasteiger partial charge in [-0.05, 0) is 30.5 Å². The predicted octanol–water partition coefficient (Wildman–Crippen LogP) is 0.779. The maximum Gasteiger partial charge on any atom is 0.317 e. The Bertz CT molecular complexity index is 741. The Hall–Kier alpha value is -2.19. The molecule has 8 nitrogen and oxygen atoms in total. The highest BCUT2D eigenvalue weighted by Crippen LogP contribution is 2.51. The average Bonchev–Trinajstić information content (AvgIpc) is 3.10. The number of primary amides is 1. The van der Waals surface area contributed by atoms with Crippen LogP contribution in [-0.4, -0.2) is 73.1 Å². The predicted molar refractivity (Wildman–Crippen MR) is 104 cm³/mol. The molecule has 0 aromatic carbocycles. The molecular weight excluding hydrogens is 358 g/mol. The first-order valence-corrected chi connectivity index (χ1v) is 10.1. The monoisotopic (exact) mass is 387 g/mol. The van der Waals surface area contributed by atoms with Crippen molar-refractivity contribution in [3.63, 3.8) is 0 Å². The zero-order valence-electron chi connectivity index (χ0n) is 16.4. The summed E-state index contributed by atoms with van der Waals surface area (Å²) in [7, 11) is 1.78. The maximum absolute atomic E-state index is 11.8. The molecule has 28 heavy (non-hydrogen) atoms. The van der Waals surface area contributed by atoms with Crippen molar-refractivity contribution in [2.24, 2.45) is 17.6 Å².